The summed E-state index contributed by atoms with van der Waals surface area (Å²) in [5.41, 5.74) is 5.76. The average molecular weight is 262 g/mol. The lowest BCUT2D eigenvalue weighted by molar-refractivity contribution is -0.138. The van der Waals surface area contributed by atoms with Crippen LogP contribution in [0.1, 0.15) is 5.56 Å². The fourth-order valence-electron chi connectivity index (χ4n) is 1.71. The minimum atomic E-state index is -0.502. The van der Waals surface area contributed by atoms with Gasteiger partial charge >= 0.3 is 0 Å². The first-order chi connectivity index (χ1) is 9.13. The quantitative estimate of drug-likeness (QED) is 0.572. The molecule has 98 valence electrons. The van der Waals surface area contributed by atoms with Gasteiger partial charge in [0.05, 0.1) is 17.8 Å². The molecule has 1 saturated heterocycles. The van der Waals surface area contributed by atoms with E-state index in [2.05, 4.69) is 11.8 Å². The molecular weight excluding hydrogens is 251 g/mol. The van der Waals surface area contributed by atoms with E-state index < -0.39 is 17.6 Å². The summed E-state index contributed by atoms with van der Waals surface area (Å²) < 4.78 is 18.0. The zero-order valence-electron chi connectivity index (χ0n) is 9.98. The lowest BCUT2D eigenvalue weighted by Gasteiger charge is -2.25. The van der Waals surface area contributed by atoms with Gasteiger partial charge in [0.15, 0.2) is 0 Å². The molecule has 0 atom stereocenters. The minimum absolute atomic E-state index is 0.0982. The van der Waals surface area contributed by atoms with Crippen molar-refractivity contribution in [2.75, 3.05) is 24.7 Å². The highest BCUT2D eigenvalue weighted by atomic mass is 19.1. The highest BCUT2D eigenvalue weighted by Crippen LogP contribution is 2.23. The summed E-state index contributed by atoms with van der Waals surface area (Å²) in [6.07, 6.45) is 0. The van der Waals surface area contributed by atoms with E-state index in [4.69, 9.17) is 10.5 Å². The number of ether oxygens (including phenoxy) is 1. The summed E-state index contributed by atoms with van der Waals surface area (Å²) in [5, 5.41) is 0. The van der Waals surface area contributed by atoms with Gasteiger partial charge in [-0.3, -0.25) is 9.59 Å². The Bertz CT molecular complexity index is 573. The van der Waals surface area contributed by atoms with Crippen molar-refractivity contribution in [2.45, 2.75) is 0 Å². The number of carbonyl (C=O) groups excluding carboxylic acids is 2. The zero-order valence-corrected chi connectivity index (χ0v) is 9.98. The van der Waals surface area contributed by atoms with Gasteiger partial charge < -0.3 is 10.5 Å². The number of carbonyl (C=O) groups is 2. The fourth-order valence-corrected chi connectivity index (χ4v) is 1.71. The van der Waals surface area contributed by atoms with Crippen molar-refractivity contribution in [2.24, 2.45) is 5.73 Å². The van der Waals surface area contributed by atoms with Gasteiger partial charge in [-0.05, 0) is 18.2 Å². The van der Waals surface area contributed by atoms with Crippen LogP contribution in [-0.4, -0.2) is 31.6 Å². The SMILES string of the molecule is NCC#Cc1cc(F)ccc1N1C(=O)COCC1=O. The van der Waals surface area contributed by atoms with Crippen LogP contribution in [-0.2, 0) is 14.3 Å². The molecule has 0 spiro atoms. The second-order valence-corrected chi connectivity index (χ2v) is 3.78. The van der Waals surface area contributed by atoms with Crippen LogP contribution >= 0.6 is 0 Å². The van der Waals surface area contributed by atoms with E-state index in [-0.39, 0.29) is 31.0 Å². The third-order valence-electron chi connectivity index (χ3n) is 2.47. The maximum absolute atomic E-state index is 13.2. The summed E-state index contributed by atoms with van der Waals surface area (Å²) in [6, 6.07) is 3.67. The summed E-state index contributed by atoms with van der Waals surface area (Å²) >= 11 is 0. The molecule has 1 heterocycles. The molecule has 5 nitrogen and oxygen atoms in total. The number of nitrogens with two attached hydrogens (primary N) is 1. The van der Waals surface area contributed by atoms with Gasteiger partial charge in [0.25, 0.3) is 11.8 Å². The molecule has 0 unspecified atom stereocenters. The number of halogens is 1. The van der Waals surface area contributed by atoms with Crippen molar-refractivity contribution in [1.82, 2.24) is 0 Å². The van der Waals surface area contributed by atoms with Crippen molar-refractivity contribution >= 4 is 17.5 Å². The van der Waals surface area contributed by atoms with Crippen molar-refractivity contribution in [1.29, 1.82) is 0 Å². The van der Waals surface area contributed by atoms with Crippen LogP contribution in [0.3, 0.4) is 0 Å². The fraction of sp³-hybridized carbons (Fsp3) is 0.231. The molecule has 1 aromatic carbocycles. The van der Waals surface area contributed by atoms with Crippen molar-refractivity contribution in [3.8, 4) is 11.8 Å². The number of anilines is 1. The molecular formula is C13H11FN2O3. The Hall–Kier alpha value is -2.23. The Kier molecular flexibility index (Phi) is 3.90. The van der Waals surface area contributed by atoms with Crippen LogP contribution in [0, 0.1) is 17.7 Å². The van der Waals surface area contributed by atoms with Gasteiger partial charge in [-0.2, -0.15) is 0 Å². The molecule has 1 fully saturated rings. The van der Waals surface area contributed by atoms with Gasteiger partial charge in [-0.15, -0.1) is 0 Å². The smallest absolute Gasteiger partial charge is 0.259 e. The maximum atomic E-state index is 13.2. The summed E-state index contributed by atoms with van der Waals surface area (Å²) in [4.78, 5) is 24.4. The van der Waals surface area contributed by atoms with Gasteiger partial charge in [0, 0.05) is 0 Å². The van der Waals surface area contributed by atoms with Crippen LogP contribution in [0.4, 0.5) is 10.1 Å². The first-order valence-electron chi connectivity index (χ1n) is 5.55. The van der Waals surface area contributed by atoms with Gasteiger partial charge in [-0.1, -0.05) is 11.8 Å². The molecule has 2 N–H and O–H groups in total. The summed E-state index contributed by atoms with van der Waals surface area (Å²) in [6.45, 7) is -0.277. The molecule has 0 aromatic heterocycles. The number of imide groups is 1. The lowest BCUT2D eigenvalue weighted by atomic mass is 10.1. The average Bonchev–Trinajstić information content (AvgIpc) is 2.38. The monoisotopic (exact) mass is 262 g/mol. The second-order valence-electron chi connectivity index (χ2n) is 3.78. The van der Waals surface area contributed by atoms with Crippen molar-refractivity contribution in [3.05, 3.63) is 29.6 Å². The first kappa shape index (κ1) is 13.2. The molecule has 0 aliphatic carbocycles. The number of nitrogens with zero attached hydrogens (tertiary/aromatic N) is 1. The number of benzene rings is 1. The topological polar surface area (TPSA) is 72.6 Å². The van der Waals surface area contributed by atoms with Gasteiger partial charge in [0.2, 0.25) is 0 Å². The maximum Gasteiger partial charge on any atom is 0.259 e. The molecule has 2 amide bonds. The third-order valence-corrected chi connectivity index (χ3v) is 2.47. The van der Waals surface area contributed by atoms with E-state index in [9.17, 15) is 14.0 Å². The van der Waals surface area contributed by atoms with E-state index in [1.165, 1.54) is 12.1 Å². The van der Waals surface area contributed by atoms with Crippen molar-refractivity contribution in [3.63, 3.8) is 0 Å². The Morgan fingerprint density at radius 2 is 2.00 bits per heavy atom. The molecule has 1 aromatic rings. The van der Waals surface area contributed by atoms with Crippen molar-refractivity contribution < 1.29 is 18.7 Å². The van der Waals surface area contributed by atoms with Crippen LogP contribution in [0.25, 0.3) is 0 Å². The second kappa shape index (κ2) is 5.61. The molecule has 6 heteroatoms. The molecule has 0 bridgehead atoms. The molecule has 0 radical (unpaired) electrons. The molecule has 1 aliphatic heterocycles. The number of hydrogen-bond donors (Lipinski definition) is 1. The third kappa shape index (κ3) is 2.78. The standard InChI is InChI=1S/C13H11FN2O3/c14-10-3-4-11(9(6-10)2-1-5-15)16-12(17)7-19-8-13(16)18/h3-4,6H,5,7-8,15H2. The van der Waals surface area contributed by atoms with E-state index >= 15 is 0 Å². The Morgan fingerprint density at radius 3 is 2.63 bits per heavy atom. The number of morpholine rings is 1. The molecule has 2 rings (SSSR count). The highest BCUT2D eigenvalue weighted by molar-refractivity contribution is 6.17. The molecule has 0 saturated carbocycles. The van der Waals surface area contributed by atoms with E-state index in [1.54, 1.807) is 0 Å². The number of amides is 2. The van der Waals surface area contributed by atoms with E-state index in [0.29, 0.717) is 0 Å². The predicted octanol–water partition coefficient (Wildman–Crippen LogP) is 0.0257. The van der Waals surface area contributed by atoms with Crippen LogP contribution in [0.15, 0.2) is 18.2 Å². The van der Waals surface area contributed by atoms with Gasteiger partial charge in [-0.25, -0.2) is 9.29 Å². The summed E-state index contributed by atoms with van der Waals surface area (Å²) in [7, 11) is 0. The van der Waals surface area contributed by atoms with Crippen LogP contribution in [0.5, 0.6) is 0 Å². The number of hydrogen-bond acceptors (Lipinski definition) is 4. The molecule has 1 aliphatic rings. The van der Waals surface area contributed by atoms with Gasteiger partial charge in [0.1, 0.15) is 19.0 Å². The molecule has 19 heavy (non-hydrogen) atoms. The normalized spacial score (nSPS) is 15.2. The van der Waals surface area contributed by atoms with Crippen LogP contribution in [0.2, 0.25) is 0 Å². The minimum Gasteiger partial charge on any atom is -0.362 e. The highest BCUT2D eigenvalue weighted by Gasteiger charge is 2.29. The Balaban J connectivity index is 2.48. The van der Waals surface area contributed by atoms with Crippen LogP contribution < -0.4 is 10.6 Å². The summed E-state index contributed by atoms with van der Waals surface area (Å²) in [5.74, 6) is 3.72. The van der Waals surface area contributed by atoms with E-state index in [1.807, 2.05) is 0 Å². The predicted molar refractivity (Wildman–Crippen MR) is 65.6 cm³/mol. The number of rotatable bonds is 1. The lowest BCUT2D eigenvalue weighted by Crippen LogP contribution is -2.46. The Labute approximate surface area is 109 Å². The Morgan fingerprint density at radius 1 is 1.32 bits per heavy atom. The largest absolute Gasteiger partial charge is 0.362 e. The first-order valence-corrected chi connectivity index (χ1v) is 5.55. The van der Waals surface area contributed by atoms with E-state index in [0.717, 1.165) is 11.0 Å². The zero-order chi connectivity index (χ0) is 13.8.